The second-order valence-corrected chi connectivity index (χ2v) is 3.96. The maximum Gasteiger partial charge on any atom is 0.123 e. The molecule has 2 nitrogen and oxygen atoms in total. The van der Waals surface area contributed by atoms with E-state index in [2.05, 4.69) is 0 Å². The molecule has 0 saturated carbocycles. The fraction of sp³-hybridized carbons (Fsp3) is 0.500. The standard InChI is InChI=1S/C12H15FO2/c13-11-4-1-9(2-5-11)10-3-6-12(7-14)15-8-10/h1-2,4-5,10,12,14H,3,6-8H2/t10-,12-/m0/s1. The number of aliphatic hydroxyl groups is 1. The molecular weight excluding hydrogens is 195 g/mol. The average molecular weight is 210 g/mol. The van der Waals surface area contributed by atoms with Crippen LogP contribution in [0.5, 0.6) is 0 Å². The molecule has 15 heavy (non-hydrogen) atoms. The number of ether oxygens (including phenoxy) is 1. The van der Waals surface area contributed by atoms with Crippen LogP contribution in [-0.2, 0) is 4.74 Å². The molecule has 1 saturated heterocycles. The van der Waals surface area contributed by atoms with Gasteiger partial charge in [-0.15, -0.1) is 0 Å². The topological polar surface area (TPSA) is 29.5 Å². The van der Waals surface area contributed by atoms with E-state index < -0.39 is 0 Å². The highest BCUT2D eigenvalue weighted by Gasteiger charge is 2.22. The van der Waals surface area contributed by atoms with Crippen LogP contribution in [0.4, 0.5) is 4.39 Å². The Morgan fingerprint density at radius 2 is 2.00 bits per heavy atom. The van der Waals surface area contributed by atoms with Crippen LogP contribution in [0.2, 0.25) is 0 Å². The quantitative estimate of drug-likeness (QED) is 0.809. The summed E-state index contributed by atoms with van der Waals surface area (Å²) in [4.78, 5) is 0. The summed E-state index contributed by atoms with van der Waals surface area (Å²) in [6, 6.07) is 6.58. The van der Waals surface area contributed by atoms with Crippen LogP contribution in [0.1, 0.15) is 24.3 Å². The minimum atomic E-state index is -0.205. The molecule has 1 aliphatic rings. The van der Waals surface area contributed by atoms with Crippen LogP contribution < -0.4 is 0 Å². The van der Waals surface area contributed by atoms with Gasteiger partial charge in [-0.2, -0.15) is 0 Å². The van der Waals surface area contributed by atoms with Crippen molar-refractivity contribution in [2.75, 3.05) is 13.2 Å². The Labute approximate surface area is 88.7 Å². The van der Waals surface area contributed by atoms with Crippen LogP contribution in [0.3, 0.4) is 0 Å². The maximum absolute atomic E-state index is 12.7. The van der Waals surface area contributed by atoms with Gasteiger partial charge < -0.3 is 9.84 Å². The van der Waals surface area contributed by atoms with Crippen LogP contribution in [0.15, 0.2) is 24.3 Å². The summed E-state index contributed by atoms with van der Waals surface area (Å²) < 4.78 is 18.2. The Morgan fingerprint density at radius 1 is 1.27 bits per heavy atom. The largest absolute Gasteiger partial charge is 0.394 e. The van der Waals surface area contributed by atoms with E-state index in [9.17, 15) is 4.39 Å². The Morgan fingerprint density at radius 3 is 2.53 bits per heavy atom. The van der Waals surface area contributed by atoms with Gasteiger partial charge in [-0.3, -0.25) is 0 Å². The lowest BCUT2D eigenvalue weighted by Gasteiger charge is -2.28. The lowest BCUT2D eigenvalue weighted by Crippen LogP contribution is -2.27. The average Bonchev–Trinajstić information content (AvgIpc) is 2.30. The summed E-state index contributed by atoms with van der Waals surface area (Å²) in [5, 5.41) is 8.91. The summed E-state index contributed by atoms with van der Waals surface area (Å²) in [6.07, 6.45) is 1.86. The van der Waals surface area contributed by atoms with Crippen molar-refractivity contribution in [3.05, 3.63) is 35.6 Å². The molecule has 1 aromatic carbocycles. The third-order valence-corrected chi connectivity index (χ3v) is 2.92. The Hall–Kier alpha value is -0.930. The monoisotopic (exact) mass is 210 g/mol. The normalized spacial score (nSPS) is 26.5. The van der Waals surface area contributed by atoms with Crippen LogP contribution in [0.25, 0.3) is 0 Å². The van der Waals surface area contributed by atoms with E-state index >= 15 is 0 Å². The van der Waals surface area contributed by atoms with Crippen molar-refractivity contribution in [3.8, 4) is 0 Å². The molecule has 2 rings (SSSR count). The summed E-state index contributed by atoms with van der Waals surface area (Å²) in [7, 11) is 0. The van der Waals surface area contributed by atoms with Gasteiger partial charge in [0, 0.05) is 5.92 Å². The zero-order chi connectivity index (χ0) is 10.7. The number of rotatable bonds is 2. The highest BCUT2D eigenvalue weighted by Crippen LogP contribution is 2.27. The first-order chi connectivity index (χ1) is 7.29. The first-order valence-electron chi connectivity index (χ1n) is 5.27. The number of hydrogen-bond acceptors (Lipinski definition) is 2. The van der Waals surface area contributed by atoms with E-state index in [1.165, 1.54) is 12.1 Å². The van der Waals surface area contributed by atoms with Gasteiger partial charge in [-0.1, -0.05) is 12.1 Å². The molecule has 1 aliphatic heterocycles. The van der Waals surface area contributed by atoms with Gasteiger partial charge in [0.1, 0.15) is 5.82 Å². The van der Waals surface area contributed by atoms with E-state index in [0.29, 0.717) is 12.5 Å². The molecule has 0 spiro atoms. The number of aliphatic hydroxyl groups excluding tert-OH is 1. The third-order valence-electron chi connectivity index (χ3n) is 2.92. The summed E-state index contributed by atoms with van der Waals surface area (Å²) >= 11 is 0. The predicted octanol–water partition coefficient (Wildman–Crippen LogP) is 2.08. The molecule has 1 N–H and O–H groups in total. The summed E-state index contributed by atoms with van der Waals surface area (Å²) in [5.41, 5.74) is 1.12. The molecule has 0 bridgehead atoms. The molecule has 1 heterocycles. The molecule has 1 aromatic rings. The van der Waals surface area contributed by atoms with Crippen molar-refractivity contribution in [1.82, 2.24) is 0 Å². The van der Waals surface area contributed by atoms with Crippen molar-refractivity contribution < 1.29 is 14.2 Å². The number of hydrogen-bond donors (Lipinski definition) is 1. The van der Waals surface area contributed by atoms with E-state index in [-0.39, 0.29) is 18.5 Å². The van der Waals surface area contributed by atoms with E-state index in [4.69, 9.17) is 9.84 Å². The first-order valence-corrected chi connectivity index (χ1v) is 5.27. The maximum atomic E-state index is 12.7. The SMILES string of the molecule is OC[C@@H]1CC[C@H](c2ccc(F)cc2)CO1. The Bertz CT molecular complexity index is 302. The van der Waals surface area contributed by atoms with Crippen LogP contribution >= 0.6 is 0 Å². The van der Waals surface area contributed by atoms with Gasteiger partial charge in [0.05, 0.1) is 19.3 Å². The van der Waals surface area contributed by atoms with E-state index in [1.807, 2.05) is 12.1 Å². The smallest absolute Gasteiger partial charge is 0.123 e. The summed E-state index contributed by atoms with van der Waals surface area (Å²) in [5.74, 6) is 0.136. The van der Waals surface area contributed by atoms with Crippen LogP contribution in [0, 0.1) is 5.82 Å². The zero-order valence-corrected chi connectivity index (χ0v) is 8.53. The summed E-state index contributed by atoms with van der Waals surface area (Å²) in [6.45, 7) is 0.715. The van der Waals surface area contributed by atoms with E-state index in [1.54, 1.807) is 0 Å². The fourth-order valence-corrected chi connectivity index (χ4v) is 1.95. The van der Waals surface area contributed by atoms with Crippen molar-refractivity contribution in [2.45, 2.75) is 24.9 Å². The Kier molecular flexibility index (Phi) is 3.34. The molecule has 0 radical (unpaired) electrons. The third kappa shape index (κ3) is 2.55. The van der Waals surface area contributed by atoms with Gasteiger partial charge in [-0.05, 0) is 30.5 Å². The number of benzene rings is 1. The molecular formula is C12H15FO2. The highest BCUT2D eigenvalue weighted by atomic mass is 19.1. The highest BCUT2D eigenvalue weighted by molar-refractivity contribution is 5.20. The number of halogens is 1. The second kappa shape index (κ2) is 4.73. The lowest BCUT2D eigenvalue weighted by molar-refractivity contribution is -0.0269. The second-order valence-electron chi connectivity index (χ2n) is 3.96. The lowest BCUT2D eigenvalue weighted by atomic mass is 9.91. The van der Waals surface area contributed by atoms with Crippen molar-refractivity contribution in [1.29, 1.82) is 0 Å². The molecule has 0 unspecified atom stereocenters. The predicted molar refractivity (Wildman–Crippen MR) is 55.2 cm³/mol. The van der Waals surface area contributed by atoms with Crippen molar-refractivity contribution in [3.63, 3.8) is 0 Å². The van der Waals surface area contributed by atoms with Gasteiger partial charge in [0.15, 0.2) is 0 Å². The van der Waals surface area contributed by atoms with E-state index in [0.717, 1.165) is 18.4 Å². The molecule has 3 heteroatoms. The molecule has 0 amide bonds. The zero-order valence-electron chi connectivity index (χ0n) is 8.53. The van der Waals surface area contributed by atoms with Gasteiger partial charge in [0.25, 0.3) is 0 Å². The fourth-order valence-electron chi connectivity index (χ4n) is 1.95. The Balaban J connectivity index is 1.98. The molecule has 1 fully saturated rings. The molecule has 2 atom stereocenters. The molecule has 82 valence electrons. The minimum absolute atomic E-state index is 0.0123. The molecule has 0 aromatic heterocycles. The molecule has 0 aliphatic carbocycles. The first kappa shape index (κ1) is 10.6. The van der Waals surface area contributed by atoms with Crippen LogP contribution in [-0.4, -0.2) is 24.4 Å². The van der Waals surface area contributed by atoms with Gasteiger partial charge in [-0.25, -0.2) is 4.39 Å². The van der Waals surface area contributed by atoms with Gasteiger partial charge >= 0.3 is 0 Å². The van der Waals surface area contributed by atoms with Crippen molar-refractivity contribution in [2.24, 2.45) is 0 Å². The van der Waals surface area contributed by atoms with Crippen molar-refractivity contribution >= 4 is 0 Å². The minimum Gasteiger partial charge on any atom is -0.394 e. The van der Waals surface area contributed by atoms with Gasteiger partial charge in [0.2, 0.25) is 0 Å².